The quantitative estimate of drug-likeness (QED) is 0.543. The van der Waals surface area contributed by atoms with Crippen molar-refractivity contribution in [2.24, 2.45) is 0 Å². The summed E-state index contributed by atoms with van der Waals surface area (Å²) in [5.74, 6) is 0. The van der Waals surface area contributed by atoms with Gasteiger partial charge in [0.15, 0.2) is 0 Å². The summed E-state index contributed by atoms with van der Waals surface area (Å²) in [5.41, 5.74) is 0. The maximum Gasteiger partial charge on any atom is 0.0683 e. The minimum Gasteiger partial charge on any atom is -0.395 e. The third-order valence-corrected chi connectivity index (χ3v) is 2.87. The van der Waals surface area contributed by atoms with Crippen LogP contribution in [0.2, 0.25) is 0 Å². The van der Waals surface area contributed by atoms with Crippen molar-refractivity contribution >= 4 is 0 Å². The first kappa shape index (κ1) is 10.9. The smallest absolute Gasteiger partial charge is 0.0683 e. The molecule has 3 N–H and O–H groups in total. The normalized spacial score (nSPS) is 34.8. The Morgan fingerprint density at radius 1 is 1.46 bits per heavy atom. The van der Waals surface area contributed by atoms with E-state index in [0.717, 1.165) is 0 Å². The Balaban J connectivity index is 2.57. The molecule has 1 aliphatic heterocycles. The van der Waals surface area contributed by atoms with Gasteiger partial charge in [0.25, 0.3) is 0 Å². The standard InChI is InChI=1S/C9H19NO3/c1-6(7(2)12)10-4-9(13)3-8(10)5-11/h6-9,11-13H,3-5H2,1-2H3/t6?,7?,8-,9+/m0/s1. The monoisotopic (exact) mass is 189 g/mol. The molecule has 4 nitrogen and oxygen atoms in total. The molecule has 1 fully saturated rings. The van der Waals surface area contributed by atoms with Crippen LogP contribution in [-0.2, 0) is 0 Å². The molecule has 0 saturated carbocycles. The van der Waals surface area contributed by atoms with Crippen molar-refractivity contribution in [3.8, 4) is 0 Å². The molecule has 1 aliphatic rings. The Morgan fingerprint density at radius 3 is 2.54 bits per heavy atom. The van der Waals surface area contributed by atoms with Gasteiger partial charge in [-0.25, -0.2) is 0 Å². The van der Waals surface area contributed by atoms with E-state index < -0.39 is 6.10 Å². The van der Waals surface area contributed by atoms with Crippen LogP contribution in [0.25, 0.3) is 0 Å². The lowest BCUT2D eigenvalue weighted by atomic mass is 10.1. The number of aliphatic hydroxyl groups is 3. The summed E-state index contributed by atoms with van der Waals surface area (Å²) >= 11 is 0. The van der Waals surface area contributed by atoms with E-state index in [1.54, 1.807) is 6.92 Å². The van der Waals surface area contributed by atoms with Gasteiger partial charge in [0.05, 0.1) is 18.8 Å². The lowest BCUT2D eigenvalue weighted by molar-refractivity contribution is 0.0422. The molecule has 0 aromatic rings. The van der Waals surface area contributed by atoms with Crippen LogP contribution in [0.15, 0.2) is 0 Å². The van der Waals surface area contributed by atoms with Crippen molar-refractivity contribution in [2.75, 3.05) is 13.2 Å². The Hall–Kier alpha value is -0.160. The fourth-order valence-corrected chi connectivity index (χ4v) is 1.87. The zero-order chi connectivity index (χ0) is 10.0. The number of aliphatic hydroxyl groups excluding tert-OH is 3. The molecule has 4 atom stereocenters. The van der Waals surface area contributed by atoms with E-state index in [1.807, 2.05) is 11.8 Å². The number of rotatable bonds is 3. The summed E-state index contributed by atoms with van der Waals surface area (Å²) in [6.45, 7) is 4.24. The van der Waals surface area contributed by atoms with Crippen LogP contribution >= 0.6 is 0 Å². The van der Waals surface area contributed by atoms with Crippen LogP contribution in [0.3, 0.4) is 0 Å². The highest BCUT2D eigenvalue weighted by atomic mass is 16.3. The molecular formula is C9H19NO3. The molecule has 13 heavy (non-hydrogen) atoms. The van der Waals surface area contributed by atoms with Crippen molar-refractivity contribution in [1.29, 1.82) is 0 Å². The predicted molar refractivity (Wildman–Crippen MR) is 49.3 cm³/mol. The van der Waals surface area contributed by atoms with E-state index in [4.69, 9.17) is 5.11 Å². The highest BCUT2D eigenvalue weighted by Crippen LogP contribution is 2.21. The minimum absolute atomic E-state index is 0.000370. The van der Waals surface area contributed by atoms with Crippen molar-refractivity contribution < 1.29 is 15.3 Å². The van der Waals surface area contributed by atoms with Crippen LogP contribution in [0.1, 0.15) is 20.3 Å². The van der Waals surface area contributed by atoms with Gasteiger partial charge in [-0.1, -0.05) is 0 Å². The van der Waals surface area contributed by atoms with Gasteiger partial charge in [0.2, 0.25) is 0 Å². The van der Waals surface area contributed by atoms with Crippen LogP contribution in [0, 0.1) is 0 Å². The predicted octanol–water partition coefficient (Wildman–Crippen LogP) is -0.817. The molecule has 0 amide bonds. The van der Waals surface area contributed by atoms with E-state index in [1.165, 1.54) is 0 Å². The lowest BCUT2D eigenvalue weighted by Crippen LogP contribution is -2.44. The second-order valence-corrected chi connectivity index (χ2v) is 3.90. The topological polar surface area (TPSA) is 63.9 Å². The van der Waals surface area contributed by atoms with Gasteiger partial charge in [-0.15, -0.1) is 0 Å². The average Bonchev–Trinajstić information content (AvgIpc) is 2.45. The van der Waals surface area contributed by atoms with Crippen molar-refractivity contribution in [3.05, 3.63) is 0 Å². The molecule has 2 unspecified atom stereocenters. The maximum absolute atomic E-state index is 9.40. The molecule has 0 bridgehead atoms. The molecule has 0 aromatic heterocycles. The maximum atomic E-state index is 9.40. The minimum atomic E-state index is -0.431. The second kappa shape index (κ2) is 4.37. The van der Waals surface area contributed by atoms with Gasteiger partial charge in [-0.05, 0) is 20.3 Å². The van der Waals surface area contributed by atoms with E-state index in [9.17, 15) is 10.2 Å². The molecule has 1 rings (SSSR count). The van der Waals surface area contributed by atoms with Gasteiger partial charge in [0.1, 0.15) is 0 Å². The molecular weight excluding hydrogens is 170 g/mol. The molecule has 0 aromatic carbocycles. The molecule has 78 valence electrons. The Labute approximate surface area is 78.8 Å². The zero-order valence-corrected chi connectivity index (χ0v) is 8.22. The van der Waals surface area contributed by atoms with Crippen LogP contribution < -0.4 is 0 Å². The summed E-state index contributed by atoms with van der Waals surface area (Å²) < 4.78 is 0. The highest BCUT2D eigenvalue weighted by molar-refractivity contribution is 4.89. The largest absolute Gasteiger partial charge is 0.395 e. The highest BCUT2D eigenvalue weighted by Gasteiger charge is 2.34. The van der Waals surface area contributed by atoms with E-state index in [2.05, 4.69) is 0 Å². The van der Waals surface area contributed by atoms with Crippen molar-refractivity contribution in [2.45, 2.75) is 44.6 Å². The SMILES string of the molecule is CC(O)C(C)N1C[C@H](O)C[C@H]1CO. The Bertz CT molecular complexity index is 161. The van der Waals surface area contributed by atoms with E-state index in [-0.39, 0.29) is 24.8 Å². The molecule has 0 spiro atoms. The van der Waals surface area contributed by atoms with Crippen molar-refractivity contribution in [1.82, 2.24) is 4.90 Å². The Kier molecular flexibility index (Phi) is 3.67. The number of likely N-dealkylation sites (tertiary alicyclic amines) is 1. The van der Waals surface area contributed by atoms with Gasteiger partial charge >= 0.3 is 0 Å². The van der Waals surface area contributed by atoms with Crippen LogP contribution in [0.4, 0.5) is 0 Å². The summed E-state index contributed by atoms with van der Waals surface area (Å²) in [6, 6.07) is -0.00565. The average molecular weight is 189 g/mol. The number of nitrogens with zero attached hydrogens (tertiary/aromatic N) is 1. The van der Waals surface area contributed by atoms with Gasteiger partial charge in [-0.3, -0.25) is 4.90 Å². The summed E-state index contributed by atoms with van der Waals surface area (Å²) in [7, 11) is 0. The molecule has 0 radical (unpaired) electrons. The van der Waals surface area contributed by atoms with Gasteiger partial charge < -0.3 is 15.3 Å². The van der Waals surface area contributed by atoms with E-state index in [0.29, 0.717) is 13.0 Å². The first-order valence-electron chi connectivity index (χ1n) is 4.79. The molecule has 1 saturated heterocycles. The third kappa shape index (κ3) is 2.40. The second-order valence-electron chi connectivity index (χ2n) is 3.90. The molecule has 0 aliphatic carbocycles. The Morgan fingerprint density at radius 2 is 2.08 bits per heavy atom. The van der Waals surface area contributed by atoms with Crippen LogP contribution in [-0.4, -0.2) is 57.7 Å². The molecule has 4 heteroatoms. The van der Waals surface area contributed by atoms with E-state index >= 15 is 0 Å². The fourth-order valence-electron chi connectivity index (χ4n) is 1.87. The lowest BCUT2D eigenvalue weighted by Gasteiger charge is -2.31. The van der Waals surface area contributed by atoms with Crippen molar-refractivity contribution in [3.63, 3.8) is 0 Å². The first-order valence-corrected chi connectivity index (χ1v) is 4.79. The number of hydrogen-bond acceptors (Lipinski definition) is 4. The summed E-state index contributed by atoms with van der Waals surface area (Å²) in [5, 5.41) is 27.8. The zero-order valence-electron chi connectivity index (χ0n) is 8.22. The third-order valence-electron chi connectivity index (χ3n) is 2.87. The summed E-state index contributed by atoms with van der Waals surface area (Å²) in [4.78, 5) is 1.97. The molecule has 1 heterocycles. The first-order chi connectivity index (χ1) is 6.06. The summed E-state index contributed by atoms with van der Waals surface area (Å²) in [6.07, 6.45) is -0.189. The fraction of sp³-hybridized carbons (Fsp3) is 1.00. The number of hydrogen-bond donors (Lipinski definition) is 3. The number of β-amino-alcohol motifs (C(OH)–C–C–N with tert-alkyl or cyclic N) is 1. The van der Waals surface area contributed by atoms with Crippen LogP contribution in [0.5, 0.6) is 0 Å². The van der Waals surface area contributed by atoms with Gasteiger partial charge in [-0.2, -0.15) is 0 Å². The van der Waals surface area contributed by atoms with Gasteiger partial charge in [0, 0.05) is 18.6 Å².